The Morgan fingerprint density at radius 1 is 1.50 bits per heavy atom. The molecule has 8 heteroatoms. The molecule has 5 nitrogen and oxygen atoms in total. The molecular weight excluding hydrogens is 251 g/mol. The predicted molar refractivity (Wildman–Crippen MR) is 55.0 cm³/mol. The molecule has 96 valence electrons. The number of rotatable bonds is 2. The Bertz CT molecular complexity index is 598. The number of aromatic amines is 1. The molecule has 0 spiro atoms. The number of aromatic nitrogens is 3. The van der Waals surface area contributed by atoms with Crippen molar-refractivity contribution in [1.29, 1.82) is 0 Å². The number of alkyl halides is 3. The fourth-order valence-electron chi connectivity index (χ4n) is 1.56. The van der Waals surface area contributed by atoms with Crippen LogP contribution < -0.4 is 0 Å². The molecule has 2 N–H and O–H groups in total. The van der Waals surface area contributed by atoms with Gasteiger partial charge in [-0.1, -0.05) is 0 Å². The highest BCUT2D eigenvalue weighted by Crippen LogP contribution is 2.35. The highest BCUT2D eigenvalue weighted by molar-refractivity contribution is 5.89. The summed E-state index contributed by atoms with van der Waals surface area (Å²) in [4.78, 5) is 13.0. The van der Waals surface area contributed by atoms with E-state index in [9.17, 15) is 18.0 Å². The number of carboxylic acid groups (broad SMARTS) is 1. The zero-order chi connectivity index (χ0) is 13.5. The van der Waals surface area contributed by atoms with E-state index in [-0.39, 0.29) is 5.69 Å². The van der Waals surface area contributed by atoms with Crippen molar-refractivity contribution in [3.8, 4) is 11.3 Å². The van der Waals surface area contributed by atoms with Crippen molar-refractivity contribution in [2.45, 2.75) is 6.18 Å². The minimum atomic E-state index is -4.72. The molecule has 0 radical (unpaired) electrons. The number of carboxylic acids is 1. The lowest BCUT2D eigenvalue weighted by molar-refractivity contribution is -0.138. The Kier molecular flexibility index (Phi) is 2.64. The van der Waals surface area contributed by atoms with E-state index in [1.807, 2.05) is 0 Å². The van der Waals surface area contributed by atoms with Crippen LogP contribution in [0.4, 0.5) is 13.2 Å². The van der Waals surface area contributed by atoms with Crippen molar-refractivity contribution in [3.05, 3.63) is 29.7 Å². The zero-order valence-corrected chi connectivity index (χ0v) is 9.12. The lowest BCUT2D eigenvalue weighted by atomic mass is 10.2. The molecule has 2 heterocycles. The number of carbonyl (C=O) groups is 1. The molecule has 0 aliphatic heterocycles. The van der Waals surface area contributed by atoms with Gasteiger partial charge in [0.2, 0.25) is 0 Å². The minimum Gasteiger partial charge on any atom is -0.477 e. The Balaban J connectivity index is 2.56. The predicted octanol–water partition coefficient (Wildman–Crippen LogP) is 2.13. The smallest absolute Gasteiger partial charge is 0.418 e. The number of hydrogen-bond acceptors (Lipinski definition) is 2. The van der Waals surface area contributed by atoms with Gasteiger partial charge in [-0.05, 0) is 6.07 Å². The van der Waals surface area contributed by atoms with Gasteiger partial charge in [-0.2, -0.15) is 18.3 Å². The van der Waals surface area contributed by atoms with E-state index in [4.69, 9.17) is 5.11 Å². The molecule has 0 bridgehead atoms. The van der Waals surface area contributed by atoms with E-state index in [1.165, 1.54) is 17.1 Å². The monoisotopic (exact) mass is 259 g/mol. The number of aryl methyl sites for hydroxylation is 1. The molecule has 0 atom stereocenters. The summed E-state index contributed by atoms with van der Waals surface area (Å²) < 4.78 is 39.3. The Morgan fingerprint density at radius 3 is 2.56 bits per heavy atom. The van der Waals surface area contributed by atoms with Crippen LogP contribution in [0.15, 0.2) is 18.5 Å². The summed E-state index contributed by atoms with van der Waals surface area (Å²) in [7, 11) is 1.61. The molecule has 2 rings (SSSR count). The maximum Gasteiger partial charge on any atom is 0.418 e. The molecule has 0 fully saturated rings. The summed E-state index contributed by atoms with van der Waals surface area (Å²) in [6.45, 7) is 0. The van der Waals surface area contributed by atoms with E-state index >= 15 is 0 Å². The minimum absolute atomic E-state index is 0.0628. The third-order valence-electron chi connectivity index (χ3n) is 2.35. The largest absolute Gasteiger partial charge is 0.477 e. The van der Waals surface area contributed by atoms with E-state index in [1.54, 1.807) is 7.05 Å². The first kappa shape index (κ1) is 12.2. The Labute approximate surface area is 98.9 Å². The Hall–Kier alpha value is -2.25. The van der Waals surface area contributed by atoms with Crippen molar-refractivity contribution in [2.75, 3.05) is 0 Å². The molecule has 0 unspecified atom stereocenters. The van der Waals surface area contributed by atoms with Crippen molar-refractivity contribution in [1.82, 2.24) is 14.8 Å². The fraction of sp³-hybridized carbons (Fsp3) is 0.200. The van der Waals surface area contributed by atoms with Crippen molar-refractivity contribution < 1.29 is 23.1 Å². The van der Waals surface area contributed by atoms with Crippen molar-refractivity contribution in [2.24, 2.45) is 7.05 Å². The second kappa shape index (κ2) is 3.90. The quantitative estimate of drug-likeness (QED) is 0.867. The summed E-state index contributed by atoms with van der Waals surface area (Å²) in [6, 6.07) is 0.764. The van der Waals surface area contributed by atoms with Gasteiger partial charge in [-0.25, -0.2) is 4.79 Å². The molecule has 0 saturated heterocycles. The first-order valence-electron chi connectivity index (χ1n) is 4.81. The van der Waals surface area contributed by atoms with Crippen LogP contribution in [0.5, 0.6) is 0 Å². The van der Waals surface area contributed by atoms with Crippen LogP contribution in [0.3, 0.4) is 0 Å². The van der Waals surface area contributed by atoms with Gasteiger partial charge in [0.25, 0.3) is 0 Å². The third kappa shape index (κ3) is 2.08. The number of hydrogen-bond donors (Lipinski definition) is 2. The van der Waals surface area contributed by atoms with Gasteiger partial charge in [-0.3, -0.25) is 4.68 Å². The summed E-state index contributed by atoms with van der Waals surface area (Å²) in [5.41, 5.74) is -1.63. The maximum atomic E-state index is 12.6. The van der Waals surface area contributed by atoms with Crippen molar-refractivity contribution >= 4 is 5.97 Å². The van der Waals surface area contributed by atoms with Gasteiger partial charge in [0.1, 0.15) is 5.69 Å². The number of halogens is 3. The topological polar surface area (TPSA) is 70.9 Å². The zero-order valence-electron chi connectivity index (χ0n) is 9.12. The van der Waals surface area contributed by atoms with Crippen LogP contribution in [-0.2, 0) is 13.2 Å². The lowest BCUT2D eigenvalue weighted by Crippen LogP contribution is -2.10. The molecule has 0 saturated carbocycles. The van der Waals surface area contributed by atoms with Gasteiger partial charge in [0.15, 0.2) is 0 Å². The van der Waals surface area contributed by atoms with Gasteiger partial charge >= 0.3 is 12.1 Å². The highest BCUT2D eigenvalue weighted by Gasteiger charge is 2.37. The van der Waals surface area contributed by atoms with Gasteiger partial charge < -0.3 is 10.1 Å². The Morgan fingerprint density at radius 2 is 2.17 bits per heavy atom. The molecule has 0 aliphatic carbocycles. The maximum absolute atomic E-state index is 12.6. The molecule has 0 aromatic carbocycles. The lowest BCUT2D eigenvalue weighted by Gasteiger charge is -2.03. The second-order valence-electron chi connectivity index (χ2n) is 3.68. The number of aromatic carboxylic acids is 1. The molecule has 2 aromatic heterocycles. The molecule has 0 aliphatic rings. The fourth-order valence-corrected chi connectivity index (χ4v) is 1.56. The van der Waals surface area contributed by atoms with E-state index in [0.717, 1.165) is 6.07 Å². The summed E-state index contributed by atoms with van der Waals surface area (Å²) in [6.07, 6.45) is -1.89. The number of nitrogens with one attached hydrogen (secondary N) is 1. The molecule has 0 amide bonds. The average molecular weight is 259 g/mol. The first-order chi connectivity index (χ1) is 8.29. The van der Waals surface area contributed by atoms with Crippen LogP contribution in [-0.4, -0.2) is 25.8 Å². The van der Waals surface area contributed by atoms with Crippen LogP contribution in [0.1, 0.15) is 16.1 Å². The normalized spacial score (nSPS) is 11.8. The van der Waals surface area contributed by atoms with Crippen LogP contribution >= 0.6 is 0 Å². The van der Waals surface area contributed by atoms with E-state index in [0.29, 0.717) is 5.56 Å². The van der Waals surface area contributed by atoms with Crippen LogP contribution in [0.2, 0.25) is 0 Å². The number of nitrogens with zero attached hydrogens (tertiary/aromatic N) is 2. The van der Waals surface area contributed by atoms with Gasteiger partial charge in [-0.15, -0.1) is 0 Å². The van der Waals surface area contributed by atoms with E-state index in [2.05, 4.69) is 10.1 Å². The van der Waals surface area contributed by atoms with E-state index < -0.39 is 23.4 Å². The SMILES string of the molecule is Cn1cc(-c2cc(C(F)(F)F)c(C(=O)O)[nH]2)cn1. The molecular formula is C10H8F3N3O2. The third-order valence-corrected chi connectivity index (χ3v) is 2.35. The first-order valence-corrected chi connectivity index (χ1v) is 4.81. The standard InChI is InChI=1S/C10H8F3N3O2/c1-16-4-5(3-14-16)7-2-6(10(11,12)13)8(15-7)9(17)18/h2-4,15H,1H3,(H,17,18). The van der Waals surface area contributed by atoms with Crippen molar-refractivity contribution in [3.63, 3.8) is 0 Å². The number of H-pyrrole nitrogens is 1. The highest BCUT2D eigenvalue weighted by atomic mass is 19.4. The summed E-state index contributed by atoms with van der Waals surface area (Å²) in [5, 5.41) is 12.5. The van der Waals surface area contributed by atoms with Gasteiger partial charge in [0.05, 0.1) is 11.8 Å². The molecule has 2 aromatic rings. The van der Waals surface area contributed by atoms with Crippen LogP contribution in [0, 0.1) is 0 Å². The second-order valence-corrected chi connectivity index (χ2v) is 3.68. The summed E-state index contributed by atoms with van der Waals surface area (Å²) in [5.74, 6) is -1.66. The molecule has 18 heavy (non-hydrogen) atoms. The summed E-state index contributed by atoms with van der Waals surface area (Å²) >= 11 is 0. The average Bonchev–Trinajstić information content (AvgIpc) is 2.81. The van der Waals surface area contributed by atoms with Gasteiger partial charge in [0, 0.05) is 24.5 Å². The van der Waals surface area contributed by atoms with Crippen LogP contribution in [0.25, 0.3) is 11.3 Å².